The summed E-state index contributed by atoms with van der Waals surface area (Å²) < 4.78 is 0. The molecule has 0 aromatic carbocycles. The first kappa shape index (κ1) is 11.5. The second-order valence-electron chi connectivity index (χ2n) is 5.45. The van der Waals surface area contributed by atoms with Crippen LogP contribution in [0, 0.1) is 5.41 Å². The first-order valence-electron chi connectivity index (χ1n) is 5.43. The highest BCUT2D eigenvalue weighted by Gasteiger charge is 2.29. The van der Waals surface area contributed by atoms with Gasteiger partial charge in [0.2, 0.25) is 5.91 Å². The predicted molar refractivity (Wildman–Crippen MR) is 57.9 cm³/mol. The Labute approximate surface area is 86.6 Å². The molecule has 3 heteroatoms. The van der Waals surface area contributed by atoms with E-state index in [0.29, 0.717) is 0 Å². The number of nitrogens with zero attached hydrogens (tertiary/aromatic N) is 1. The number of primary amides is 1. The molecule has 0 bridgehead atoms. The number of piperidine rings is 1. The van der Waals surface area contributed by atoms with Gasteiger partial charge in [-0.25, -0.2) is 0 Å². The third kappa shape index (κ3) is 3.29. The quantitative estimate of drug-likeness (QED) is 0.728. The zero-order valence-corrected chi connectivity index (χ0v) is 9.55. The van der Waals surface area contributed by atoms with Crippen molar-refractivity contribution in [2.24, 2.45) is 11.1 Å². The number of carbonyl (C=O) groups excluding carboxylic acids is 1. The molecule has 1 fully saturated rings. The molecule has 0 saturated carbocycles. The van der Waals surface area contributed by atoms with Crippen molar-refractivity contribution in [3.05, 3.63) is 0 Å². The minimum absolute atomic E-state index is 0.0250. The zero-order chi connectivity index (χ0) is 10.8. The Morgan fingerprint density at radius 2 is 2.07 bits per heavy atom. The zero-order valence-electron chi connectivity index (χ0n) is 9.55. The molecular weight excluding hydrogens is 176 g/mol. The molecule has 0 aromatic heterocycles. The number of amides is 1. The Balaban J connectivity index is 2.59. The maximum atomic E-state index is 11.2. The minimum Gasteiger partial charge on any atom is -0.368 e. The monoisotopic (exact) mass is 198 g/mol. The molecule has 1 saturated heterocycles. The van der Waals surface area contributed by atoms with Crippen molar-refractivity contribution >= 4 is 5.91 Å². The lowest BCUT2D eigenvalue weighted by Gasteiger charge is -2.37. The lowest BCUT2D eigenvalue weighted by Crippen LogP contribution is -2.50. The number of hydrogen-bond donors (Lipinski definition) is 1. The third-order valence-corrected chi connectivity index (χ3v) is 2.62. The Hall–Kier alpha value is -0.570. The van der Waals surface area contributed by atoms with Crippen molar-refractivity contribution in [3.63, 3.8) is 0 Å². The van der Waals surface area contributed by atoms with E-state index in [-0.39, 0.29) is 17.4 Å². The Bertz CT molecular complexity index is 208. The van der Waals surface area contributed by atoms with E-state index in [2.05, 4.69) is 25.7 Å². The second-order valence-corrected chi connectivity index (χ2v) is 5.45. The van der Waals surface area contributed by atoms with E-state index in [4.69, 9.17) is 5.73 Å². The minimum atomic E-state index is -0.158. The van der Waals surface area contributed by atoms with Gasteiger partial charge >= 0.3 is 0 Å². The molecule has 82 valence electrons. The molecule has 0 unspecified atom stereocenters. The van der Waals surface area contributed by atoms with Gasteiger partial charge in [-0.2, -0.15) is 0 Å². The maximum absolute atomic E-state index is 11.2. The predicted octanol–water partition coefficient (Wildman–Crippen LogP) is 1.37. The van der Waals surface area contributed by atoms with Crippen molar-refractivity contribution < 1.29 is 4.79 Å². The number of hydrogen-bond acceptors (Lipinski definition) is 2. The molecule has 1 heterocycles. The number of rotatable bonds is 2. The van der Waals surface area contributed by atoms with E-state index in [1.165, 1.54) is 6.42 Å². The van der Waals surface area contributed by atoms with E-state index in [1.807, 2.05) is 0 Å². The summed E-state index contributed by atoms with van der Waals surface area (Å²) in [5, 5.41) is 0. The molecule has 1 aliphatic rings. The van der Waals surface area contributed by atoms with Crippen LogP contribution >= 0.6 is 0 Å². The summed E-state index contributed by atoms with van der Waals surface area (Å²) in [5.41, 5.74) is 5.64. The largest absolute Gasteiger partial charge is 0.368 e. The van der Waals surface area contributed by atoms with Crippen molar-refractivity contribution in [2.45, 2.75) is 46.1 Å². The molecule has 1 atom stereocenters. The summed E-state index contributed by atoms with van der Waals surface area (Å²) in [6, 6.07) is -0.0250. The van der Waals surface area contributed by atoms with Crippen molar-refractivity contribution in [1.29, 1.82) is 0 Å². The van der Waals surface area contributed by atoms with E-state index < -0.39 is 0 Å². The van der Waals surface area contributed by atoms with Gasteiger partial charge in [0.15, 0.2) is 0 Å². The van der Waals surface area contributed by atoms with E-state index in [1.54, 1.807) is 0 Å². The van der Waals surface area contributed by atoms with Gasteiger partial charge in [-0.1, -0.05) is 27.2 Å². The molecule has 1 rings (SSSR count). The van der Waals surface area contributed by atoms with Crippen LogP contribution in [0.4, 0.5) is 0 Å². The highest BCUT2D eigenvalue weighted by molar-refractivity contribution is 5.79. The van der Waals surface area contributed by atoms with Crippen LogP contribution < -0.4 is 5.73 Å². The summed E-state index contributed by atoms with van der Waals surface area (Å²) in [6.45, 7) is 8.56. The smallest absolute Gasteiger partial charge is 0.234 e. The first-order valence-corrected chi connectivity index (χ1v) is 5.43. The lowest BCUT2D eigenvalue weighted by molar-refractivity contribution is -0.124. The molecule has 0 aliphatic carbocycles. The van der Waals surface area contributed by atoms with Crippen LogP contribution in [0.15, 0.2) is 0 Å². The average molecular weight is 198 g/mol. The van der Waals surface area contributed by atoms with Gasteiger partial charge in [-0.05, 0) is 24.8 Å². The van der Waals surface area contributed by atoms with E-state index in [0.717, 1.165) is 25.9 Å². The first-order chi connectivity index (χ1) is 6.40. The topological polar surface area (TPSA) is 46.3 Å². The van der Waals surface area contributed by atoms with Crippen LogP contribution in [0.3, 0.4) is 0 Å². The van der Waals surface area contributed by atoms with Gasteiger partial charge < -0.3 is 5.73 Å². The lowest BCUT2D eigenvalue weighted by atomic mass is 9.92. The fourth-order valence-corrected chi connectivity index (χ4v) is 2.11. The molecule has 14 heavy (non-hydrogen) atoms. The Morgan fingerprint density at radius 3 is 2.57 bits per heavy atom. The fraction of sp³-hybridized carbons (Fsp3) is 0.909. The standard InChI is InChI=1S/C11H22N2O/c1-11(2,3)8-13-7-5-4-6-9(13)10(12)14/h9H,4-8H2,1-3H3,(H2,12,14)/t9-/m1/s1. The molecule has 3 nitrogen and oxygen atoms in total. The Morgan fingerprint density at radius 1 is 1.43 bits per heavy atom. The fourth-order valence-electron chi connectivity index (χ4n) is 2.11. The number of nitrogens with two attached hydrogens (primary N) is 1. The van der Waals surface area contributed by atoms with Gasteiger partial charge in [-0.3, -0.25) is 9.69 Å². The average Bonchev–Trinajstić information content (AvgIpc) is 2.01. The van der Waals surface area contributed by atoms with Crippen LogP contribution in [0.1, 0.15) is 40.0 Å². The van der Waals surface area contributed by atoms with Crippen molar-refractivity contribution in [2.75, 3.05) is 13.1 Å². The van der Waals surface area contributed by atoms with Crippen LogP contribution in [0.25, 0.3) is 0 Å². The molecular formula is C11H22N2O. The highest BCUT2D eigenvalue weighted by atomic mass is 16.1. The normalized spacial score (nSPS) is 24.9. The van der Waals surface area contributed by atoms with Gasteiger partial charge in [0, 0.05) is 6.54 Å². The third-order valence-electron chi connectivity index (χ3n) is 2.62. The molecule has 0 radical (unpaired) electrons. The van der Waals surface area contributed by atoms with Crippen LogP contribution in [0.5, 0.6) is 0 Å². The van der Waals surface area contributed by atoms with Gasteiger partial charge in [0.1, 0.15) is 0 Å². The summed E-state index contributed by atoms with van der Waals surface area (Å²) in [6.07, 6.45) is 3.26. The molecule has 0 spiro atoms. The summed E-state index contributed by atoms with van der Waals surface area (Å²) in [4.78, 5) is 13.5. The number of carbonyl (C=O) groups is 1. The summed E-state index contributed by atoms with van der Waals surface area (Å²) in [7, 11) is 0. The van der Waals surface area contributed by atoms with Gasteiger partial charge in [0.05, 0.1) is 6.04 Å². The molecule has 2 N–H and O–H groups in total. The molecule has 1 aliphatic heterocycles. The molecule has 0 aromatic rings. The summed E-state index contributed by atoms with van der Waals surface area (Å²) in [5.74, 6) is -0.158. The summed E-state index contributed by atoms with van der Waals surface area (Å²) >= 11 is 0. The van der Waals surface area contributed by atoms with Crippen LogP contribution in [-0.2, 0) is 4.79 Å². The second kappa shape index (κ2) is 4.30. The van der Waals surface area contributed by atoms with E-state index in [9.17, 15) is 4.79 Å². The highest BCUT2D eigenvalue weighted by Crippen LogP contribution is 2.22. The van der Waals surface area contributed by atoms with Crippen LogP contribution in [0.2, 0.25) is 0 Å². The van der Waals surface area contributed by atoms with Gasteiger partial charge in [0.25, 0.3) is 0 Å². The van der Waals surface area contributed by atoms with Crippen molar-refractivity contribution in [1.82, 2.24) is 4.90 Å². The maximum Gasteiger partial charge on any atom is 0.234 e. The van der Waals surface area contributed by atoms with E-state index >= 15 is 0 Å². The van der Waals surface area contributed by atoms with Crippen LogP contribution in [-0.4, -0.2) is 29.9 Å². The molecule has 1 amide bonds. The SMILES string of the molecule is CC(C)(C)CN1CCCC[C@@H]1C(N)=O. The number of likely N-dealkylation sites (tertiary alicyclic amines) is 1. The Kier molecular flexibility index (Phi) is 3.53. The van der Waals surface area contributed by atoms with Crippen molar-refractivity contribution in [3.8, 4) is 0 Å². The van der Waals surface area contributed by atoms with Gasteiger partial charge in [-0.15, -0.1) is 0 Å².